The lowest BCUT2D eigenvalue weighted by Gasteiger charge is -2.15. The largest absolute Gasteiger partial charge is 0.493 e. The summed E-state index contributed by atoms with van der Waals surface area (Å²) in [7, 11) is 1.15. The van der Waals surface area contributed by atoms with E-state index in [1.54, 1.807) is 0 Å². The molecule has 1 aliphatic heterocycles. The van der Waals surface area contributed by atoms with Crippen LogP contribution < -0.4 is 24.8 Å². The smallest absolute Gasteiger partial charge is 0.313 e. The van der Waals surface area contributed by atoms with Crippen molar-refractivity contribution in [2.45, 2.75) is 12.5 Å². The van der Waals surface area contributed by atoms with E-state index in [0.717, 1.165) is 0 Å². The zero-order valence-corrected chi connectivity index (χ0v) is 14.9. The summed E-state index contributed by atoms with van der Waals surface area (Å²) in [6.07, 6.45) is 0.297. The van der Waals surface area contributed by atoms with Crippen LogP contribution in [0.25, 0.3) is 0 Å². The summed E-state index contributed by atoms with van der Waals surface area (Å²) in [5.41, 5.74) is 0.272. The Kier molecular flexibility index (Phi) is 5.73. The molecule has 25 heavy (non-hydrogen) atoms. The van der Waals surface area contributed by atoms with E-state index >= 15 is 0 Å². The molecule has 0 radical (unpaired) electrons. The van der Waals surface area contributed by atoms with Crippen LogP contribution in [0.4, 0.5) is 5.69 Å². The van der Waals surface area contributed by atoms with Gasteiger partial charge in [-0.15, -0.1) is 0 Å². The van der Waals surface area contributed by atoms with Gasteiger partial charge in [0.15, 0.2) is 21.3 Å². The Bertz CT molecular complexity index is 751. The second-order valence-electron chi connectivity index (χ2n) is 5.44. The van der Waals surface area contributed by atoms with E-state index < -0.39 is 27.7 Å². The lowest BCUT2D eigenvalue weighted by molar-refractivity contribution is -0.136. The summed E-state index contributed by atoms with van der Waals surface area (Å²) in [5, 5.41) is 4.84. The van der Waals surface area contributed by atoms with Gasteiger partial charge in [0, 0.05) is 23.9 Å². The van der Waals surface area contributed by atoms with Crippen LogP contribution >= 0.6 is 0 Å². The number of nitrogens with one attached hydrogen (secondary N) is 2. The van der Waals surface area contributed by atoms with Crippen molar-refractivity contribution in [3.05, 3.63) is 12.1 Å². The molecular weight excluding hydrogens is 352 g/mol. The molecule has 1 fully saturated rings. The molecule has 1 heterocycles. The maximum Gasteiger partial charge on any atom is 0.313 e. The fraction of sp³-hybridized carbons (Fsp3) is 0.467. The number of methoxy groups -OCH3 is 3. The number of hydrogen-bond acceptors (Lipinski definition) is 7. The predicted molar refractivity (Wildman–Crippen MR) is 89.9 cm³/mol. The van der Waals surface area contributed by atoms with Crippen LogP contribution in [0.3, 0.4) is 0 Å². The Morgan fingerprint density at radius 1 is 1.04 bits per heavy atom. The number of carbonyl (C=O) groups is 2. The van der Waals surface area contributed by atoms with Crippen molar-refractivity contribution in [2.24, 2.45) is 0 Å². The topological polar surface area (TPSA) is 120 Å². The fourth-order valence-corrected chi connectivity index (χ4v) is 4.17. The number of ether oxygens (including phenoxy) is 3. The first-order valence-corrected chi connectivity index (χ1v) is 9.24. The van der Waals surface area contributed by atoms with Crippen LogP contribution in [0.15, 0.2) is 12.1 Å². The molecule has 0 aliphatic carbocycles. The number of anilines is 1. The van der Waals surface area contributed by atoms with Crippen LogP contribution in [0, 0.1) is 0 Å². The standard InChI is InChI=1S/C15H20N2O7S/c1-22-11-6-10(7-12(23-2)13(11)24-3)17-15(19)14(18)16-9-4-5-25(20,21)8-9/h6-7,9H,4-5,8H2,1-3H3,(H,16,18)(H,17,19). The molecule has 1 aliphatic rings. The number of benzene rings is 1. The molecule has 10 heteroatoms. The van der Waals surface area contributed by atoms with E-state index in [0.29, 0.717) is 23.7 Å². The number of rotatable bonds is 5. The molecule has 1 saturated heterocycles. The fourth-order valence-electron chi connectivity index (χ4n) is 2.50. The lowest BCUT2D eigenvalue weighted by atomic mass is 10.2. The zero-order chi connectivity index (χ0) is 18.6. The van der Waals surface area contributed by atoms with Crippen LogP contribution in [-0.2, 0) is 19.4 Å². The highest BCUT2D eigenvalue weighted by Crippen LogP contribution is 2.39. The third-order valence-electron chi connectivity index (χ3n) is 3.70. The first-order valence-electron chi connectivity index (χ1n) is 7.42. The van der Waals surface area contributed by atoms with Gasteiger partial charge in [0.2, 0.25) is 5.75 Å². The van der Waals surface area contributed by atoms with Gasteiger partial charge in [0.25, 0.3) is 0 Å². The molecule has 1 atom stereocenters. The Morgan fingerprint density at radius 2 is 1.64 bits per heavy atom. The summed E-state index contributed by atoms with van der Waals surface area (Å²) >= 11 is 0. The van der Waals surface area contributed by atoms with Crippen molar-refractivity contribution in [3.8, 4) is 17.2 Å². The molecule has 1 unspecified atom stereocenters. The van der Waals surface area contributed by atoms with E-state index in [-0.39, 0.29) is 17.2 Å². The summed E-state index contributed by atoms with van der Waals surface area (Å²) < 4.78 is 38.3. The normalized spacial score (nSPS) is 18.3. The van der Waals surface area contributed by atoms with E-state index in [1.165, 1.54) is 33.5 Å². The van der Waals surface area contributed by atoms with Gasteiger partial charge in [0.05, 0.1) is 32.8 Å². The minimum atomic E-state index is -3.14. The molecule has 0 spiro atoms. The maximum absolute atomic E-state index is 12.0. The summed E-state index contributed by atoms with van der Waals surface area (Å²) in [6.45, 7) is 0. The molecule has 0 saturated carbocycles. The Labute approximate surface area is 145 Å². The van der Waals surface area contributed by atoms with E-state index in [2.05, 4.69) is 10.6 Å². The highest BCUT2D eigenvalue weighted by Gasteiger charge is 2.30. The van der Waals surface area contributed by atoms with Gasteiger partial charge < -0.3 is 24.8 Å². The summed E-state index contributed by atoms with van der Waals surface area (Å²) in [6, 6.07) is 2.40. The third kappa shape index (κ3) is 4.53. The molecule has 2 N–H and O–H groups in total. The predicted octanol–water partition coefficient (Wildman–Crippen LogP) is -0.0458. The van der Waals surface area contributed by atoms with Crippen LogP contribution in [-0.4, -0.2) is 59.1 Å². The highest BCUT2D eigenvalue weighted by atomic mass is 32.2. The minimum Gasteiger partial charge on any atom is -0.493 e. The zero-order valence-electron chi connectivity index (χ0n) is 14.1. The summed E-state index contributed by atoms with van der Waals surface area (Å²) in [4.78, 5) is 24.0. The van der Waals surface area contributed by atoms with Crippen LogP contribution in [0.2, 0.25) is 0 Å². The minimum absolute atomic E-state index is 0.00639. The summed E-state index contributed by atoms with van der Waals surface area (Å²) in [5.74, 6) is -0.986. The SMILES string of the molecule is COc1cc(NC(=O)C(=O)NC2CCS(=O)(=O)C2)cc(OC)c1OC. The molecule has 9 nitrogen and oxygen atoms in total. The Balaban J connectivity index is 2.08. The molecule has 2 amide bonds. The highest BCUT2D eigenvalue weighted by molar-refractivity contribution is 7.91. The Hall–Kier alpha value is -2.49. The van der Waals surface area contributed by atoms with E-state index in [9.17, 15) is 18.0 Å². The van der Waals surface area contributed by atoms with Crippen LogP contribution in [0.5, 0.6) is 17.2 Å². The van der Waals surface area contributed by atoms with Crippen molar-refractivity contribution >= 4 is 27.3 Å². The lowest BCUT2D eigenvalue weighted by Crippen LogP contribution is -2.42. The van der Waals surface area contributed by atoms with Gasteiger partial charge in [-0.25, -0.2) is 8.42 Å². The van der Waals surface area contributed by atoms with Crippen molar-refractivity contribution in [2.75, 3.05) is 38.2 Å². The van der Waals surface area contributed by atoms with Gasteiger partial charge in [-0.3, -0.25) is 9.59 Å². The maximum atomic E-state index is 12.0. The molecule has 1 aromatic rings. The number of amides is 2. The van der Waals surface area contributed by atoms with Crippen molar-refractivity contribution in [1.82, 2.24) is 5.32 Å². The van der Waals surface area contributed by atoms with Gasteiger partial charge in [-0.05, 0) is 6.42 Å². The quantitative estimate of drug-likeness (QED) is 0.696. The van der Waals surface area contributed by atoms with Gasteiger partial charge in [0.1, 0.15) is 0 Å². The second kappa shape index (κ2) is 7.60. The Morgan fingerprint density at radius 3 is 2.08 bits per heavy atom. The first-order chi connectivity index (χ1) is 11.8. The molecule has 0 bridgehead atoms. The van der Waals surface area contributed by atoms with Crippen molar-refractivity contribution in [3.63, 3.8) is 0 Å². The van der Waals surface area contributed by atoms with Crippen LogP contribution in [0.1, 0.15) is 6.42 Å². The van der Waals surface area contributed by atoms with Gasteiger partial charge >= 0.3 is 11.8 Å². The molecule has 1 aromatic carbocycles. The van der Waals surface area contributed by atoms with E-state index in [1.807, 2.05) is 0 Å². The number of hydrogen-bond donors (Lipinski definition) is 2. The second-order valence-corrected chi connectivity index (χ2v) is 7.67. The molecule has 0 aromatic heterocycles. The molecule has 138 valence electrons. The van der Waals surface area contributed by atoms with Gasteiger partial charge in [-0.1, -0.05) is 0 Å². The van der Waals surface area contributed by atoms with E-state index in [4.69, 9.17) is 14.2 Å². The van der Waals surface area contributed by atoms with Crippen molar-refractivity contribution in [1.29, 1.82) is 0 Å². The number of sulfone groups is 1. The molecule has 2 rings (SSSR count). The molecular formula is C15H20N2O7S. The third-order valence-corrected chi connectivity index (χ3v) is 5.46. The monoisotopic (exact) mass is 372 g/mol. The van der Waals surface area contributed by atoms with Gasteiger partial charge in [-0.2, -0.15) is 0 Å². The number of carbonyl (C=O) groups excluding carboxylic acids is 2. The average Bonchev–Trinajstić information content (AvgIpc) is 2.92. The first kappa shape index (κ1) is 18.8. The average molecular weight is 372 g/mol. The van der Waals surface area contributed by atoms with Crippen molar-refractivity contribution < 1.29 is 32.2 Å².